The van der Waals surface area contributed by atoms with Crippen molar-refractivity contribution in [2.24, 2.45) is 0 Å². The number of aryl methyl sites for hydroxylation is 2. The van der Waals surface area contributed by atoms with Crippen LogP contribution in [0.15, 0.2) is 18.2 Å². The summed E-state index contributed by atoms with van der Waals surface area (Å²) >= 11 is 0. The van der Waals surface area contributed by atoms with Crippen LogP contribution in [-0.4, -0.2) is 30.9 Å². The summed E-state index contributed by atoms with van der Waals surface area (Å²) in [5, 5.41) is 10.2. The Balaban J connectivity index is 2.40. The largest absolute Gasteiger partial charge is 0.507 e. The lowest BCUT2D eigenvalue weighted by Gasteiger charge is -2.23. The van der Waals surface area contributed by atoms with E-state index >= 15 is 0 Å². The van der Waals surface area contributed by atoms with Crippen LogP contribution in [0.2, 0.25) is 0 Å². The van der Waals surface area contributed by atoms with Crippen molar-refractivity contribution in [2.75, 3.05) is 14.2 Å². The topological polar surface area (TPSA) is 72.8 Å². The number of aromatic hydroxyl groups is 1. The highest BCUT2D eigenvalue weighted by atomic mass is 16.5. The number of carbonyl (C=O) groups is 2. The van der Waals surface area contributed by atoms with Crippen LogP contribution in [0, 0.1) is 13.8 Å². The fourth-order valence-corrected chi connectivity index (χ4v) is 3.08. The van der Waals surface area contributed by atoms with Gasteiger partial charge in [0.05, 0.1) is 25.3 Å². The second-order valence-electron chi connectivity index (χ2n) is 5.55. The summed E-state index contributed by atoms with van der Waals surface area (Å²) in [7, 11) is 2.89. The predicted molar refractivity (Wildman–Crippen MR) is 84.0 cm³/mol. The molecule has 0 aliphatic heterocycles. The molecule has 0 aromatic heterocycles. The Morgan fingerprint density at radius 1 is 0.826 bits per heavy atom. The number of hydrogen-bond acceptors (Lipinski definition) is 5. The van der Waals surface area contributed by atoms with E-state index in [4.69, 9.17) is 9.47 Å². The van der Waals surface area contributed by atoms with Gasteiger partial charge in [-0.15, -0.1) is 0 Å². The second kappa shape index (κ2) is 5.12. The Bertz CT molecular complexity index is 864. The quantitative estimate of drug-likeness (QED) is 0.787. The van der Waals surface area contributed by atoms with Crippen molar-refractivity contribution in [3.63, 3.8) is 0 Å². The van der Waals surface area contributed by atoms with E-state index in [1.165, 1.54) is 20.3 Å². The molecular formula is C18H16O5. The van der Waals surface area contributed by atoms with Crippen LogP contribution >= 0.6 is 0 Å². The lowest BCUT2D eigenvalue weighted by molar-refractivity contribution is 0.0973. The van der Waals surface area contributed by atoms with Crippen molar-refractivity contribution in [3.8, 4) is 17.2 Å². The minimum Gasteiger partial charge on any atom is -0.507 e. The third-order valence-electron chi connectivity index (χ3n) is 4.04. The van der Waals surface area contributed by atoms with Gasteiger partial charge < -0.3 is 14.6 Å². The lowest BCUT2D eigenvalue weighted by atomic mass is 9.81. The van der Waals surface area contributed by atoms with Gasteiger partial charge in [-0.05, 0) is 43.2 Å². The van der Waals surface area contributed by atoms with Crippen LogP contribution < -0.4 is 9.47 Å². The maximum absolute atomic E-state index is 12.9. The number of fused-ring (bicyclic) bond motifs is 2. The highest BCUT2D eigenvalue weighted by Crippen LogP contribution is 2.43. The molecule has 0 bridgehead atoms. The molecule has 5 heteroatoms. The smallest absolute Gasteiger partial charge is 0.202 e. The molecular weight excluding hydrogens is 296 g/mol. The van der Waals surface area contributed by atoms with Crippen molar-refractivity contribution in [1.29, 1.82) is 0 Å². The summed E-state index contributed by atoms with van der Waals surface area (Å²) in [5.41, 5.74) is 2.03. The number of phenolic OH excluding ortho intramolecular Hbond substituents is 1. The second-order valence-corrected chi connectivity index (χ2v) is 5.55. The number of carbonyl (C=O) groups excluding carboxylic acids is 2. The number of ether oxygens (including phenoxy) is 2. The van der Waals surface area contributed by atoms with Crippen LogP contribution in [0.5, 0.6) is 17.2 Å². The van der Waals surface area contributed by atoms with Gasteiger partial charge in [0.1, 0.15) is 5.75 Å². The van der Waals surface area contributed by atoms with Crippen molar-refractivity contribution >= 4 is 11.6 Å². The fourth-order valence-electron chi connectivity index (χ4n) is 3.08. The molecule has 0 fully saturated rings. The van der Waals surface area contributed by atoms with Gasteiger partial charge in [0.25, 0.3) is 0 Å². The Hall–Kier alpha value is -2.82. The van der Waals surface area contributed by atoms with E-state index in [9.17, 15) is 14.7 Å². The summed E-state index contributed by atoms with van der Waals surface area (Å²) in [6.45, 7) is 3.54. The third kappa shape index (κ3) is 2.00. The maximum atomic E-state index is 12.9. The van der Waals surface area contributed by atoms with Crippen molar-refractivity contribution in [1.82, 2.24) is 0 Å². The van der Waals surface area contributed by atoms with Gasteiger partial charge >= 0.3 is 0 Å². The van der Waals surface area contributed by atoms with E-state index in [0.717, 1.165) is 0 Å². The van der Waals surface area contributed by atoms with Crippen LogP contribution in [0.1, 0.15) is 43.0 Å². The zero-order valence-electron chi connectivity index (χ0n) is 13.3. The molecule has 23 heavy (non-hydrogen) atoms. The van der Waals surface area contributed by atoms with E-state index in [-0.39, 0.29) is 39.5 Å². The summed E-state index contributed by atoms with van der Waals surface area (Å²) in [4.78, 5) is 25.7. The first kappa shape index (κ1) is 15.1. The van der Waals surface area contributed by atoms with Crippen LogP contribution in [0.4, 0.5) is 0 Å². The molecule has 1 N–H and O–H groups in total. The standard InChI is InChI=1S/C18H16O5/c1-8-5-10-13(12(19)6-8)16(21)14-11(15(10)20)7-9(2)17(22-3)18(14)23-4/h5-7,19H,1-4H3. The molecule has 0 atom stereocenters. The molecule has 0 unspecified atom stereocenters. The Labute approximate surface area is 133 Å². The molecule has 118 valence electrons. The molecule has 0 radical (unpaired) electrons. The number of rotatable bonds is 2. The molecule has 2 aromatic carbocycles. The summed E-state index contributed by atoms with van der Waals surface area (Å²) < 4.78 is 10.6. The summed E-state index contributed by atoms with van der Waals surface area (Å²) in [6, 6.07) is 4.70. The first-order chi connectivity index (χ1) is 10.9. The van der Waals surface area contributed by atoms with Crippen molar-refractivity contribution in [3.05, 3.63) is 51.6 Å². The molecule has 0 saturated carbocycles. The molecule has 1 aliphatic rings. The van der Waals surface area contributed by atoms with Crippen molar-refractivity contribution < 1.29 is 24.2 Å². The van der Waals surface area contributed by atoms with Gasteiger partial charge in [0.15, 0.2) is 17.3 Å². The van der Waals surface area contributed by atoms with E-state index in [1.807, 2.05) is 0 Å². The number of benzene rings is 2. The van der Waals surface area contributed by atoms with Gasteiger partial charge in [-0.1, -0.05) is 0 Å². The van der Waals surface area contributed by atoms with Gasteiger partial charge in [-0.25, -0.2) is 0 Å². The molecule has 1 aliphatic carbocycles. The maximum Gasteiger partial charge on any atom is 0.202 e. The zero-order chi connectivity index (χ0) is 16.9. The predicted octanol–water partition coefficient (Wildman–Crippen LogP) is 2.80. The number of ketones is 2. The van der Waals surface area contributed by atoms with E-state index < -0.39 is 5.78 Å². The average molecular weight is 312 g/mol. The fraction of sp³-hybridized carbons (Fsp3) is 0.222. The number of hydrogen-bond donors (Lipinski definition) is 1. The van der Waals surface area contributed by atoms with Crippen LogP contribution in [0.3, 0.4) is 0 Å². The SMILES string of the molecule is COc1c(C)cc2c(c1OC)C(=O)c1c(O)cc(C)cc1C2=O. The van der Waals surface area contributed by atoms with Gasteiger partial charge in [0.2, 0.25) is 5.78 Å². The molecule has 3 rings (SSSR count). The monoisotopic (exact) mass is 312 g/mol. The minimum atomic E-state index is -0.442. The summed E-state index contributed by atoms with van der Waals surface area (Å²) in [5.74, 6) is -0.334. The van der Waals surface area contributed by atoms with Crippen LogP contribution in [0.25, 0.3) is 0 Å². The normalized spacial score (nSPS) is 12.7. The third-order valence-corrected chi connectivity index (χ3v) is 4.04. The van der Waals surface area contributed by atoms with E-state index in [2.05, 4.69) is 0 Å². The number of phenols is 1. The zero-order valence-corrected chi connectivity index (χ0v) is 13.3. The Morgan fingerprint density at radius 3 is 2.04 bits per heavy atom. The molecule has 0 spiro atoms. The van der Waals surface area contributed by atoms with Crippen LogP contribution in [-0.2, 0) is 0 Å². The molecule has 0 heterocycles. The highest BCUT2D eigenvalue weighted by Gasteiger charge is 2.36. The molecule has 5 nitrogen and oxygen atoms in total. The minimum absolute atomic E-state index is 0.0114. The molecule has 0 saturated heterocycles. The van der Waals surface area contributed by atoms with E-state index in [1.54, 1.807) is 26.0 Å². The lowest BCUT2D eigenvalue weighted by Crippen LogP contribution is -2.22. The van der Waals surface area contributed by atoms with Gasteiger partial charge in [0, 0.05) is 11.1 Å². The Morgan fingerprint density at radius 2 is 1.43 bits per heavy atom. The highest BCUT2D eigenvalue weighted by molar-refractivity contribution is 6.30. The number of methoxy groups -OCH3 is 2. The van der Waals surface area contributed by atoms with Gasteiger partial charge in [-0.2, -0.15) is 0 Å². The average Bonchev–Trinajstić information content (AvgIpc) is 2.50. The summed E-state index contributed by atoms with van der Waals surface area (Å²) in [6.07, 6.45) is 0. The molecule has 2 aromatic rings. The van der Waals surface area contributed by atoms with E-state index in [0.29, 0.717) is 16.9 Å². The molecule has 0 amide bonds. The first-order valence-corrected chi connectivity index (χ1v) is 7.09. The van der Waals surface area contributed by atoms with Gasteiger partial charge in [-0.3, -0.25) is 9.59 Å². The Kier molecular flexibility index (Phi) is 3.36. The van der Waals surface area contributed by atoms with Crippen molar-refractivity contribution in [2.45, 2.75) is 13.8 Å². The first-order valence-electron chi connectivity index (χ1n) is 7.09.